The van der Waals surface area contributed by atoms with Gasteiger partial charge in [0.05, 0.1) is 12.3 Å². The van der Waals surface area contributed by atoms with Crippen LogP contribution < -0.4 is 20.3 Å². The van der Waals surface area contributed by atoms with Gasteiger partial charge in [0.1, 0.15) is 17.5 Å². The Morgan fingerprint density at radius 3 is 2.73 bits per heavy atom. The first-order chi connectivity index (χ1) is 14.3. The number of hydrogen-bond donors (Lipinski definition) is 2. The zero-order valence-corrected chi connectivity index (χ0v) is 17.2. The molecular formula is C21H25F2N5O2. The predicted octanol–water partition coefficient (Wildman–Crippen LogP) is 3.36. The van der Waals surface area contributed by atoms with Crippen LogP contribution in [0.3, 0.4) is 0 Å². The quantitative estimate of drug-likeness (QED) is 0.751. The number of benzene rings is 1. The highest BCUT2D eigenvalue weighted by Gasteiger charge is 2.32. The number of ether oxygens (including phenoxy) is 1. The summed E-state index contributed by atoms with van der Waals surface area (Å²) in [5, 5.41) is 6.17. The zero-order valence-electron chi connectivity index (χ0n) is 17.2. The maximum Gasteiger partial charge on any atom is 0.246 e. The van der Waals surface area contributed by atoms with E-state index in [0.29, 0.717) is 41.6 Å². The lowest BCUT2D eigenvalue weighted by Crippen LogP contribution is -2.45. The predicted molar refractivity (Wildman–Crippen MR) is 110 cm³/mol. The van der Waals surface area contributed by atoms with Crippen molar-refractivity contribution in [1.29, 1.82) is 0 Å². The normalized spacial score (nSPS) is 22.8. The van der Waals surface area contributed by atoms with Crippen molar-refractivity contribution in [3.63, 3.8) is 0 Å². The van der Waals surface area contributed by atoms with Crippen LogP contribution in [0.4, 0.5) is 26.2 Å². The lowest BCUT2D eigenvalue weighted by molar-refractivity contribution is -0.117. The summed E-state index contributed by atoms with van der Waals surface area (Å²) in [6.07, 6.45) is 1.96. The second-order valence-electron chi connectivity index (χ2n) is 8.08. The summed E-state index contributed by atoms with van der Waals surface area (Å²) in [6.45, 7) is 4.91. The van der Waals surface area contributed by atoms with Crippen molar-refractivity contribution < 1.29 is 18.3 Å². The minimum atomic E-state index is -0.900. The van der Waals surface area contributed by atoms with Crippen molar-refractivity contribution in [2.24, 2.45) is 11.8 Å². The number of anilines is 3. The third-order valence-corrected chi connectivity index (χ3v) is 5.87. The molecule has 30 heavy (non-hydrogen) atoms. The van der Waals surface area contributed by atoms with E-state index in [-0.39, 0.29) is 11.9 Å². The molecule has 7 nitrogen and oxygen atoms in total. The van der Waals surface area contributed by atoms with Crippen LogP contribution in [0.25, 0.3) is 0 Å². The topological polar surface area (TPSA) is 79.4 Å². The molecule has 1 amide bonds. The molecule has 2 aliphatic rings. The SMILES string of the molecule is Cc1nc(NCC2CC(COc3ccc(F)c(F)c3)C2)nc2c1NC(=O)[C@H](C)N2C. The number of hydrogen-bond acceptors (Lipinski definition) is 6. The fourth-order valence-electron chi connectivity index (χ4n) is 3.82. The molecule has 1 aliphatic carbocycles. The number of likely N-dealkylation sites (N-methyl/N-ethyl adjacent to an activating group) is 1. The smallest absolute Gasteiger partial charge is 0.246 e. The van der Waals surface area contributed by atoms with Crippen LogP contribution in [0.2, 0.25) is 0 Å². The van der Waals surface area contributed by atoms with Crippen molar-refractivity contribution >= 4 is 23.4 Å². The van der Waals surface area contributed by atoms with Gasteiger partial charge in [-0.05, 0) is 50.7 Å². The Bertz CT molecular complexity index is 965. The Labute approximate surface area is 173 Å². The highest BCUT2D eigenvalue weighted by molar-refractivity contribution is 6.03. The Hall–Kier alpha value is -2.97. The minimum absolute atomic E-state index is 0.0662. The molecule has 0 unspecified atom stereocenters. The van der Waals surface area contributed by atoms with Gasteiger partial charge in [0.2, 0.25) is 11.9 Å². The molecule has 4 rings (SSSR count). The lowest BCUT2D eigenvalue weighted by atomic mass is 9.75. The summed E-state index contributed by atoms with van der Waals surface area (Å²) >= 11 is 0. The highest BCUT2D eigenvalue weighted by Crippen LogP contribution is 2.35. The van der Waals surface area contributed by atoms with Crippen molar-refractivity contribution in [2.75, 3.05) is 35.7 Å². The Morgan fingerprint density at radius 2 is 2.00 bits per heavy atom. The van der Waals surface area contributed by atoms with Crippen molar-refractivity contribution in [3.8, 4) is 5.75 Å². The van der Waals surface area contributed by atoms with Crippen LogP contribution >= 0.6 is 0 Å². The van der Waals surface area contributed by atoms with Gasteiger partial charge in [0.25, 0.3) is 0 Å². The fourth-order valence-corrected chi connectivity index (χ4v) is 3.82. The maximum absolute atomic E-state index is 13.2. The molecule has 0 spiro atoms. The third-order valence-electron chi connectivity index (χ3n) is 5.87. The number of carbonyl (C=O) groups is 1. The van der Waals surface area contributed by atoms with Gasteiger partial charge in [-0.3, -0.25) is 4.79 Å². The van der Waals surface area contributed by atoms with E-state index in [9.17, 15) is 13.6 Å². The van der Waals surface area contributed by atoms with E-state index in [2.05, 4.69) is 20.6 Å². The van der Waals surface area contributed by atoms with Crippen molar-refractivity contribution in [1.82, 2.24) is 9.97 Å². The van der Waals surface area contributed by atoms with Crippen LogP contribution in [-0.2, 0) is 4.79 Å². The molecule has 1 atom stereocenters. The molecule has 1 aromatic heterocycles. The molecule has 2 heterocycles. The average Bonchev–Trinajstić information content (AvgIpc) is 2.68. The largest absolute Gasteiger partial charge is 0.493 e. The van der Waals surface area contributed by atoms with Gasteiger partial charge in [0.15, 0.2) is 17.5 Å². The van der Waals surface area contributed by atoms with Crippen LogP contribution in [0.1, 0.15) is 25.5 Å². The van der Waals surface area contributed by atoms with E-state index in [4.69, 9.17) is 4.74 Å². The molecular weight excluding hydrogens is 392 g/mol. The Balaban J connectivity index is 1.27. The summed E-state index contributed by atoms with van der Waals surface area (Å²) in [5.74, 6) is 0.620. The van der Waals surface area contributed by atoms with Crippen LogP contribution in [0.15, 0.2) is 18.2 Å². The summed E-state index contributed by atoms with van der Waals surface area (Å²) in [7, 11) is 1.85. The number of rotatable bonds is 6. The molecule has 0 bridgehead atoms. The number of carbonyl (C=O) groups excluding carboxylic acids is 1. The molecule has 1 saturated carbocycles. The van der Waals surface area contributed by atoms with Gasteiger partial charge in [-0.25, -0.2) is 13.8 Å². The number of fused-ring (bicyclic) bond motifs is 1. The van der Waals surface area contributed by atoms with E-state index >= 15 is 0 Å². The molecule has 1 fully saturated rings. The number of nitrogens with zero attached hydrogens (tertiary/aromatic N) is 3. The van der Waals surface area contributed by atoms with Gasteiger partial charge in [-0.1, -0.05) is 0 Å². The number of aryl methyl sites for hydroxylation is 1. The van der Waals surface area contributed by atoms with E-state index in [0.717, 1.165) is 37.2 Å². The van der Waals surface area contributed by atoms with Gasteiger partial charge in [-0.2, -0.15) is 4.98 Å². The van der Waals surface area contributed by atoms with Crippen LogP contribution in [0, 0.1) is 30.4 Å². The Kier molecular flexibility index (Phi) is 5.44. The number of halogens is 2. The van der Waals surface area contributed by atoms with E-state index < -0.39 is 11.6 Å². The first-order valence-electron chi connectivity index (χ1n) is 10.1. The molecule has 9 heteroatoms. The van der Waals surface area contributed by atoms with Gasteiger partial charge in [-0.15, -0.1) is 0 Å². The number of aromatic nitrogens is 2. The first-order valence-corrected chi connectivity index (χ1v) is 10.1. The molecule has 1 aliphatic heterocycles. The lowest BCUT2D eigenvalue weighted by Gasteiger charge is -2.35. The third kappa shape index (κ3) is 4.01. The monoisotopic (exact) mass is 417 g/mol. The number of nitrogens with one attached hydrogen (secondary N) is 2. The second kappa shape index (κ2) is 8.04. The van der Waals surface area contributed by atoms with E-state index in [1.54, 1.807) is 0 Å². The summed E-state index contributed by atoms with van der Waals surface area (Å²) in [6, 6.07) is 3.29. The molecule has 0 saturated heterocycles. The van der Waals surface area contributed by atoms with Crippen molar-refractivity contribution in [2.45, 2.75) is 32.7 Å². The highest BCUT2D eigenvalue weighted by atomic mass is 19.2. The fraction of sp³-hybridized carbons (Fsp3) is 0.476. The van der Waals surface area contributed by atoms with E-state index in [1.165, 1.54) is 6.07 Å². The summed E-state index contributed by atoms with van der Waals surface area (Å²) in [5.41, 5.74) is 1.38. The number of amides is 1. The molecule has 2 aromatic rings. The standard InChI is InChI=1S/C21H25F2N5O2/c1-11-18-19(28(3)12(2)20(29)26-18)27-21(25-11)24-9-13-6-14(7-13)10-30-15-4-5-16(22)17(23)8-15/h4-5,8,12-14H,6-7,9-10H2,1-3H3,(H,26,29)(H,24,25,27)/t12-,13?,14?/m0/s1. The summed E-state index contributed by atoms with van der Waals surface area (Å²) in [4.78, 5) is 22.9. The average molecular weight is 417 g/mol. The molecule has 160 valence electrons. The van der Waals surface area contributed by atoms with Crippen LogP contribution in [0.5, 0.6) is 5.75 Å². The minimum Gasteiger partial charge on any atom is -0.493 e. The Morgan fingerprint density at radius 1 is 1.23 bits per heavy atom. The van der Waals surface area contributed by atoms with Gasteiger partial charge in [0, 0.05) is 19.7 Å². The maximum atomic E-state index is 13.2. The van der Waals surface area contributed by atoms with Gasteiger partial charge >= 0.3 is 0 Å². The van der Waals surface area contributed by atoms with Gasteiger partial charge < -0.3 is 20.3 Å². The van der Waals surface area contributed by atoms with Crippen molar-refractivity contribution in [3.05, 3.63) is 35.5 Å². The zero-order chi connectivity index (χ0) is 21.4. The van der Waals surface area contributed by atoms with Crippen LogP contribution in [-0.4, -0.2) is 42.1 Å². The van der Waals surface area contributed by atoms with E-state index in [1.807, 2.05) is 25.8 Å². The first kappa shape index (κ1) is 20.3. The summed E-state index contributed by atoms with van der Waals surface area (Å²) < 4.78 is 31.8. The second-order valence-corrected chi connectivity index (χ2v) is 8.08. The molecule has 2 N–H and O–H groups in total. The molecule has 0 radical (unpaired) electrons. The molecule has 1 aromatic carbocycles.